The van der Waals surface area contributed by atoms with E-state index in [1.54, 1.807) is 0 Å². The zero-order valence-corrected chi connectivity index (χ0v) is 12.9. The first-order valence-electron chi connectivity index (χ1n) is 6.93. The summed E-state index contributed by atoms with van der Waals surface area (Å²) in [4.78, 5) is 0. The quantitative estimate of drug-likeness (QED) is 0.785. The number of fused-ring (bicyclic) bond motifs is 1. The Labute approximate surface area is 128 Å². The Morgan fingerprint density at radius 1 is 1.05 bits per heavy atom. The molecule has 100 valence electrons. The molecule has 1 unspecified atom stereocenters. The first-order valence-corrected chi connectivity index (χ1v) is 7.73. The van der Waals surface area contributed by atoms with Crippen LogP contribution in [0.1, 0.15) is 23.1 Å². The third kappa shape index (κ3) is 2.64. The Morgan fingerprint density at radius 2 is 1.75 bits per heavy atom. The van der Waals surface area contributed by atoms with Crippen LogP contribution in [-0.2, 0) is 19.3 Å². The van der Waals surface area contributed by atoms with Crippen LogP contribution in [0.5, 0.6) is 0 Å². The van der Waals surface area contributed by atoms with E-state index in [0.29, 0.717) is 0 Å². The lowest BCUT2D eigenvalue weighted by atomic mass is 9.69. The van der Waals surface area contributed by atoms with Crippen molar-refractivity contribution in [3.63, 3.8) is 0 Å². The number of nitrogens with zero attached hydrogens (tertiary/aromatic N) is 1. The summed E-state index contributed by atoms with van der Waals surface area (Å²) < 4.78 is 1.08. The minimum Gasteiger partial charge on any atom is -0.198 e. The molecule has 2 aromatic carbocycles. The number of halogens is 1. The van der Waals surface area contributed by atoms with Crippen molar-refractivity contribution in [3.05, 3.63) is 69.7 Å². The highest BCUT2D eigenvalue weighted by Gasteiger charge is 2.34. The molecule has 0 amide bonds. The highest BCUT2D eigenvalue weighted by Crippen LogP contribution is 2.38. The molecule has 0 N–H and O–H groups in total. The van der Waals surface area contributed by atoms with Gasteiger partial charge >= 0.3 is 0 Å². The van der Waals surface area contributed by atoms with Gasteiger partial charge in [-0.25, -0.2) is 0 Å². The number of hydrogen-bond acceptors (Lipinski definition) is 1. The molecule has 0 heterocycles. The molecule has 0 radical (unpaired) electrons. The van der Waals surface area contributed by atoms with E-state index in [1.807, 2.05) is 0 Å². The highest BCUT2D eigenvalue weighted by atomic mass is 79.9. The van der Waals surface area contributed by atoms with Crippen molar-refractivity contribution >= 4 is 15.9 Å². The highest BCUT2D eigenvalue weighted by molar-refractivity contribution is 9.10. The fraction of sp³-hybridized carbons (Fsp3) is 0.278. The van der Waals surface area contributed by atoms with Crippen LogP contribution < -0.4 is 0 Å². The molecule has 2 aromatic rings. The van der Waals surface area contributed by atoms with Crippen LogP contribution in [0.3, 0.4) is 0 Å². The fourth-order valence-electron chi connectivity index (χ4n) is 3.08. The molecule has 0 bridgehead atoms. The summed E-state index contributed by atoms with van der Waals surface area (Å²) >= 11 is 3.46. The molecule has 0 fully saturated rings. The maximum atomic E-state index is 9.72. The molecule has 0 aromatic heterocycles. The summed E-state index contributed by atoms with van der Waals surface area (Å²) in [6.45, 7) is 0. The normalized spacial score (nSPS) is 21.0. The summed E-state index contributed by atoms with van der Waals surface area (Å²) in [7, 11) is 0. The maximum absolute atomic E-state index is 9.72. The second-order valence-electron chi connectivity index (χ2n) is 5.64. The van der Waals surface area contributed by atoms with Gasteiger partial charge in [-0.3, -0.25) is 0 Å². The van der Waals surface area contributed by atoms with Gasteiger partial charge in [-0.15, -0.1) is 0 Å². The third-order valence-corrected chi connectivity index (χ3v) is 4.74. The molecule has 0 saturated carbocycles. The molecule has 20 heavy (non-hydrogen) atoms. The third-order valence-electron chi connectivity index (χ3n) is 4.21. The Balaban J connectivity index is 1.87. The second kappa shape index (κ2) is 5.42. The molecule has 1 aliphatic rings. The maximum Gasteiger partial charge on any atom is 0.0696 e. The van der Waals surface area contributed by atoms with Crippen LogP contribution in [0.2, 0.25) is 0 Å². The van der Waals surface area contributed by atoms with Gasteiger partial charge in [0.15, 0.2) is 0 Å². The van der Waals surface area contributed by atoms with E-state index < -0.39 is 0 Å². The SMILES string of the molecule is N#CC1(Cc2ccc(Br)cc2)CCc2ccccc2C1. The molecule has 1 nitrogen and oxygen atoms in total. The molecular weight excluding hydrogens is 310 g/mol. The zero-order chi connectivity index (χ0) is 14.0. The Bertz CT molecular complexity index is 654. The molecule has 1 atom stereocenters. The molecule has 0 saturated heterocycles. The summed E-state index contributed by atoms with van der Waals surface area (Å²) in [6.07, 6.45) is 3.68. The number of aryl methyl sites for hydroxylation is 1. The topological polar surface area (TPSA) is 23.8 Å². The van der Waals surface area contributed by atoms with Gasteiger partial charge in [0.05, 0.1) is 11.5 Å². The lowest BCUT2D eigenvalue weighted by molar-refractivity contribution is 0.339. The first kappa shape index (κ1) is 13.4. The van der Waals surface area contributed by atoms with Gasteiger partial charge in [-0.2, -0.15) is 5.26 Å². The summed E-state index contributed by atoms with van der Waals surface area (Å²) in [6, 6.07) is 19.5. The van der Waals surface area contributed by atoms with E-state index in [2.05, 4.69) is 70.5 Å². The fourth-order valence-corrected chi connectivity index (χ4v) is 3.34. The van der Waals surface area contributed by atoms with Crippen LogP contribution in [-0.4, -0.2) is 0 Å². The van der Waals surface area contributed by atoms with Gasteiger partial charge in [0.1, 0.15) is 0 Å². The van der Waals surface area contributed by atoms with Crippen LogP contribution in [0.15, 0.2) is 53.0 Å². The predicted molar refractivity (Wildman–Crippen MR) is 84.4 cm³/mol. The summed E-state index contributed by atoms with van der Waals surface area (Å²) in [5.74, 6) is 0. The Morgan fingerprint density at radius 3 is 2.45 bits per heavy atom. The van der Waals surface area contributed by atoms with Crippen LogP contribution >= 0.6 is 15.9 Å². The largest absolute Gasteiger partial charge is 0.198 e. The predicted octanol–water partition coefficient (Wildman–Crippen LogP) is 4.69. The number of benzene rings is 2. The minimum absolute atomic E-state index is 0.248. The number of hydrogen-bond donors (Lipinski definition) is 0. The second-order valence-corrected chi connectivity index (χ2v) is 6.56. The number of nitriles is 1. The molecule has 1 aliphatic carbocycles. The van der Waals surface area contributed by atoms with Crippen molar-refractivity contribution in [2.75, 3.05) is 0 Å². The standard InChI is InChI=1S/C18H16BrN/c19-17-7-5-14(6-8-17)11-18(13-20)10-9-15-3-1-2-4-16(15)12-18/h1-8H,9-12H2. The van der Waals surface area contributed by atoms with Gasteiger partial charge in [0.25, 0.3) is 0 Å². The van der Waals surface area contributed by atoms with Crippen LogP contribution in [0.4, 0.5) is 0 Å². The van der Waals surface area contributed by atoms with E-state index >= 15 is 0 Å². The molecule has 0 spiro atoms. The van der Waals surface area contributed by atoms with E-state index in [1.165, 1.54) is 16.7 Å². The molecule has 2 heteroatoms. The van der Waals surface area contributed by atoms with Gasteiger partial charge in [0.2, 0.25) is 0 Å². The van der Waals surface area contributed by atoms with Crippen molar-refractivity contribution in [1.82, 2.24) is 0 Å². The number of rotatable bonds is 2. The van der Waals surface area contributed by atoms with Gasteiger partial charge in [-0.1, -0.05) is 52.3 Å². The Kier molecular flexibility index (Phi) is 3.63. The van der Waals surface area contributed by atoms with Crippen molar-refractivity contribution in [3.8, 4) is 6.07 Å². The average Bonchev–Trinajstić information content (AvgIpc) is 2.49. The Hall–Kier alpha value is -1.59. The van der Waals surface area contributed by atoms with Crippen molar-refractivity contribution < 1.29 is 0 Å². The van der Waals surface area contributed by atoms with E-state index in [0.717, 1.165) is 30.2 Å². The monoisotopic (exact) mass is 325 g/mol. The summed E-state index contributed by atoms with van der Waals surface area (Å²) in [5.41, 5.74) is 3.75. The van der Waals surface area contributed by atoms with Crippen LogP contribution in [0, 0.1) is 16.7 Å². The first-order chi connectivity index (χ1) is 9.71. The van der Waals surface area contributed by atoms with Gasteiger partial charge < -0.3 is 0 Å². The molecule has 3 rings (SSSR count). The average molecular weight is 326 g/mol. The lowest BCUT2D eigenvalue weighted by Crippen LogP contribution is -2.29. The van der Waals surface area contributed by atoms with Crippen molar-refractivity contribution in [2.24, 2.45) is 5.41 Å². The van der Waals surface area contributed by atoms with Crippen molar-refractivity contribution in [1.29, 1.82) is 5.26 Å². The van der Waals surface area contributed by atoms with Gasteiger partial charge in [0, 0.05) is 4.47 Å². The summed E-state index contributed by atoms with van der Waals surface area (Å²) in [5, 5.41) is 9.72. The molecule has 0 aliphatic heterocycles. The smallest absolute Gasteiger partial charge is 0.0696 e. The molecular formula is C18H16BrN. The minimum atomic E-state index is -0.248. The lowest BCUT2D eigenvalue weighted by Gasteiger charge is -2.32. The van der Waals surface area contributed by atoms with E-state index in [9.17, 15) is 5.26 Å². The zero-order valence-electron chi connectivity index (χ0n) is 11.3. The van der Waals surface area contributed by atoms with E-state index in [4.69, 9.17) is 0 Å². The van der Waals surface area contributed by atoms with E-state index in [-0.39, 0.29) is 5.41 Å². The van der Waals surface area contributed by atoms with Crippen molar-refractivity contribution in [2.45, 2.75) is 25.7 Å². The van der Waals surface area contributed by atoms with Crippen LogP contribution in [0.25, 0.3) is 0 Å². The van der Waals surface area contributed by atoms with Gasteiger partial charge in [-0.05, 0) is 54.5 Å².